The normalized spacial score (nSPS) is 17.1. The first-order valence-electron chi connectivity index (χ1n) is 8.49. The number of hydrogen-bond acceptors (Lipinski definition) is 4. The van der Waals surface area contributed by atoms with Gasteiger partial charge in [-0.15, -0.1) is 0 Å². The molecule has 3 rings (SSSR count). The van der Waals surface area contributed by atoms with E-state index < -0.39 is 27.5 Å². The van der Waals surface area contributed by atoms with E-state index in [1.54, 1.807) is 24.3 Å². The van der Waals surface area contributed by atoms with Crippen molar-refractivity contribution in [3.05, 3.63) is 60.4 Å². The molecular weight excluding hydrogens is 371 g/mol. The predicted octanol–water partition coefficient (Wildman–Crippen LogP) is 1.77. The fourth-order valence-electron chi connectivity index (χ4n) is 2.99. The van der Waals surface area contributed by atoms with Gasteiger partial charge < -0.3 is 10.2 Å². The highest BCUT2D eigenvalue weighted by atomic mass is 32.2. The molecule has 1 fully saturated rings. The smallest absolute Gasteiger partial charge is 0.227 e. The summed E-state index contributed by atoms with van der Waals surface area (Å²) in [5, 5.41) is 2.57. The van der Waals surface area contributed by atoms with E-state index in [1.165, 1.54) is 35.2 Å². The number of amides is 2. The predicted molar refractivity (Wildman–Crippen MR) is 98.4 cm³/mol. The molecule has 1 atom stereocenters. The first-order valence-corrected chi connectivity index (χ1v) is 10.1. The Balaban J connectivity index is 1.56. The van der Waals surface area contributed by atoms with E-state index in [2.05, 4.69) is 5.32 Å². The minimum atomic E-state index is -3.49. The maximum absolute atomic E-state index is 13.9. The van der Waals surface area contributed by atoms with Crippen molar-refractivity contribution in [2.24, 2.45) is 5.92 Å². The molecule has 142 valence electrons. The molecule has 1 saturated heterocycles. The van der Waals surface area contributed by atoms with E-state index >= 15 is 0 Å². The lowest BCUT2D eigenvalue weighted by molar-refractivity contribution is -0.126. The van der Waals surface area contributed by atoms with Crippen LogP contribution in [0.2, 0.25) is 0 Å². The van der Waals surface area contributed by atoms with Gasteiger partial charge in [0.1, 0.15) is 5.82 Å². The van der Waals surface area contributed by atoms with Crippen molar-refractivity contribution in [3.8, 4) is 0 Å². The number of anilines is 1. The Labute approximate surface area is 156 Å². The molecule has 0 aliphatic carbocycles. The zero-order chi connectivity index (χ0) is 19.4. The number of halogens is 1. The van der Waals surface area contributed by atoms with Gasteiger partial charge in [-0.1, -0.05) is 30.3 Å². The molecule has 8 heteroatoms. The summed E-state index contributed by atoms with van der Waals surface area (Å²) in [4.78, 5) is 25.9. The summed E-state index contributed by atoms with van der Waals surface area (Å²) in [6.45, 7) is 0.0114. The quantitative estimate of drug-likeness (QED) is 0.815. The van der Waals surface area contributed by atoms with Gasteiger partial charge in [0.15, 0.2) is 9.84 Å². The summed E-state index contributed by atoms with van der Waals surface area (Å²) in [6.07, 6.45) is -0.0361. The molecule has 1 N–H and O–H groups in total. The molecule has 27 heavy (non-hydrogen) atoms. The third-order valence-electron chi connectivity index (χ3n) is 4.41. The molecule has 2 aromatic carbocycles. The molecule has 0 bridgehead atoms. The summed E-state index contributed by atoms with van der Waals surface area (Å²) < 4.78 is 38.3. The van der Waals surface area contributed by atoms with Crippen LogP contribution in [0.25, 0.3) is 0 Å². The Morgan fingerprint density at radius 2 is 1.78 bits per heavy atom. The van der Waals surface area contributed by atoms with Gasteiger partial charge in [-0.25, -0.2) is 12.8 Å². The van der Waals surface area contributed by atoms with Crippen molar-refractivity contribution < 1.29 is 22.4 Å². The van der Waals surface area contributed by atoms with Gasteiger partial charge >= 0.3 is 0 Å². The maximum Gasteiger partial charge on any atom is 0.227 e. The number of rotatable bonds is 6. The van der Waals surface area contributed by atoms with Crippen molar-refractivity contribution >= 4 is 27.3 Å². The minimum absolute atomic E-state index is 0.0361. The number of nitrogens with one attached hydrogen (secondary N) is 1. The van der Waals surface area contributed by atoms with E-state index in [-0.39, 0.29) is 41.8 Å². The van der Waals surface area contributed by atoms with Crippen LogP contribution >= 0.6 is 0 Å². The molecular formula is C19H19FN2O4S. The third-order valence-corrected chi connectivity index (χ3v) is 6.14. The Bertz CT molecular complexity index is 947. The van der Waals surface area contributed by atoms with Crippen LogP contribution in [-0.2, 0) is 19.4 Å². The van der Waals surface area contributed by atoms with Crippen molar-refractivity contribution in [2.75, 3.05) is 23.7 Å². The van der Waals surface area contributed by atoms with Crippen LogP contribution in [0.15, 0.2) is 59.5 Å². The zero-order valence-electron chi connectivity index (χ0n) is 14.5. The molecule has 0 radical (unpaired) electrons. The van der Waals surface area contributed by atoms with Gasteiger partial charge in [0, 0.05) is 19.5 Å². The van der Waals surface area contributed by atoms with Crippen molar-refractivity contribution in [1.82, 2.24) is 5.32 Å². The van der Waals surface area contributed by atoms with Crippen LogP contribution in [0, 0.1) is 11.7 Å². The Morgan fingerprint density at radius 3 is 2.48 bits per heavy atom. The summed E-state index contributed by atoms with van der Waals surface area (Å²) in [5.74, 6) is -2.15. The fourth-order valence-corrected chi connectivity index (χ4v) is 4.16. The topological polar surface area (TPSA) is 83.5 Å². The van der Waals surface area contributed by atoms with Crippen LogP contribution < -0.4 is 10.2 Å². The lowest BCUT2D eigenvalue weighted by atomic mass is 10.1. The number of para-hydroxylation sites is 1. The van der Waals surface area contributed by atoms with Gasteiger partial charge in [-0.2, -0.15) is 0 Å². The molecule has 0 aromatic heterocycles. The Kier molecular flexibility index (Phi) is 5.55. The second kappa shape index (κ2) is 7.87. The van der Waals surface area contributed by atoms with E-state index in [0.717, 1.165) is 0 Å². The maximum atomic E-state index is 13.9. The molecule has 1 heterocycles. The summed E-state index contributed by atoms with van der Waals surface area (Å²) in [6, 6.07) is 13.9. The largest absolute Gasteiger partial charge is 0.355 e. The summed E-state index contributed by atoms with van der Waals surface area (Å²) in [5.41, 5.74) is 0.143. The van der Waals surface area contributed by atoms with Crippen LogP contribution in [0.5, 0.6) is 0 Å². The number of sulfone groups is 1. The lowest BCUT2D eigenvalue weighted by Gasteiger charge is -2.17. The highest BCUT2D eigenvalue weighted by Gasteiger charge is 2.36. The Morgan fingerprint density at radius 1 is 1.11 bits per heavy atom. The van der Waals surface area contributed by atoms with Gasteiger partial charge in [0.05, 0.1) is 22.3 Å². The van der Waals surface area contributed by atoms with E-state index in [0.29, 0.717) is 0 Å². The number of carbonyl (C=O) groups excluding carboxylic acids is 2. The highest BCUT2D eigenvalue weighted by Crippen LogP contribution is 2.27. The van der Waals surface area contributed by atoms with Gasteiger partial charge in [0.25, 0.3) is 0 Å². The van der Waals surface area contributed by atoms with Crippen LogP contribution in [0.4, 0.5) is 10.1 Å². The summed E-state index contributed by atoms with van der Waals surface area (Å²) >= 11 is 0. The average molecular weight is 390 g/mol. The standard InChI is InChI=1S/C19H19FN2O4S/c20-16-8-4-5-9-17(16)22-13-14(12-18(22)23)19(24)21-10-11-27(25,26)15-6-2-1-3-7-15/h1-9,14H,10-13H2,(H,21,24). The second-order valence-corrected chi connectivity index (χ2v) is 8.39. The minimum Gasteiger partial charge on any atom is -0.355 e. The molecule has 6 nitrogen and oxygen atoms in total. The second-order valence-electron chi connectivity index (χ2n) is 6.28. The Hall–Kier alpha value is -2.74. The number of hydrogen-bond donors (Lipinski definition) is 1. The van der Waals surface area contributed by atoms with Crippen molar-refractivity contribution in [1.29, 1.82) is 0 Å². The molecule has 0 saturated carbocycles. The van der Waals surface area contributed by atoms with Crippen LogP contribution in [-0.4, -0.2) is 39.1 Å². The number of benzene rings is 2. The zero-order valence-corrected chi connectivity index (χ0v) is 15.3. The van der Waals surface area contributed by atoms with Crippen LogP contribution in [0.1, 0.15) is 6.42 Å². The van der Waals surface area contributed by atoms with Crippen molar-refractivity contribution in [3.63, 3.8) is 0 Å². The number of nitrogens with zero attached hydrogens (tertiary/aromatic N) is 1. The summed E-state index contributed by atoms with van der Waals surface area (Å²) in [7, 11) is -3.49. The van der Waals surface area contributed by atoms with E-state index in [1.807, 2.05) is 0 Å². The molecule has 1 unspecified atom stereocenters. The van der Waals surface area contributed by atoms with Gasteiger partial charge in [-0.3, -0.25) is 9.59 Å². The van der Waals surface area contributed by atoms with Gasteiger partial charge in [-0.05, 0) is 24.3 Å². The SMILES string of the molecule is O=C(NCCS(=O)(=O)c1ccccc1)C1CC(=O)N(c2ccccc2F)C1. The van der Waals surface area contributed by atoms with Crippen LogP contribution in [0.3, 0.4) is 0 Å². The molecule has 0 spiro atoms. The third kappa shape index (κ3) is 4.33. The lowest BCUT2D eigenvalue weighted by Crippen LogP contribution is -2.35. The first-order chi connectivity index (χ1) is 12.9. The number of carbonyl (C=O) groups is 2. The fraction of sp³-hybridized carbons (Fsp3) is 0.263. The molecule has 2 aromatic rings. The van der Waals surface area contributed by atoms with E-state index in [4.69, 9.17) is 0 Å². The highest BCUT2D eigenvalue weighted by molar-refractivity contribution is 7.91. The molecule has 1 aliphatic heterocycles. The average Bonchev–Trinajstić information content (AvgIpc) is 3.04. The van der Waals surface area contributed by atoms with E-state index in [9.17, 15) is 22.4 Å². The van der Waals surface area contributed by atoms with Gasteiger partial charge in [0.2, 0.25) is 11.8 Å². The monoisotopic (exact) mass is 390 g/mol. The first kappa shape index (κ1) is 19.0. The van der Waals surface area contributed by atoms with Crippen molar-refractivity contribution in [2.45, 2.75) is 11.3 Å². The molecule has 1 aliphatic rings. The molecule has 2 amide bonds.